The van der Waals surface area contributed by atoms with E-state index in [1.807, 2.05) is 77.7 Å². The van der Waals surface area contributed by atoms with E-state index in [1.54, 1.807) is 18.7 Å². The van der Waals surface area contributed by atoms with E-state index in [9.17, 15) is 4.79 Å². The number of ether oxygens (including phenoxy) is 1. The highest BCUT2D eigenvalue weighted by molar-refractivity contribution is 7.99. The topological polar surface area (TPSA) is 51.1 Å². The third kappa shape index (κ3) is 3.97. The van der Waals surface area contributed by atoms with E-state index in [0.717, 1.165) is 21.7 Å². The lowest BCUT2D eigenvalue weighted by atomic mass is 9.92. The average molecular weight is 499 g/mol. The number of thioether (sulfide) groups is 1. The van der Waals surface area contributed by atoms with Gasteiger partial charge in [0.15, 0.2) is 0 Å². The number of amidine groups is 1. The number of fused-ring (bicyclic) bond motifs is 3. The van der Waals surface area contributed by atoms with Crippen molar-refractivity contribution < 1.29 is 14.4 Å². The number of nitrogens with zero attached hydrogens (tertiary/aromatic N) is 2. The number of oxime groups is 1. The lowest BCUT2D eigenvalue weighted by Gasteiger charge is -2.37. The maximum absolute atomic E-state index is 12.9. The van der Waals surface area contributed by atoms with E-state index in [4.69, 9.17) is 32.8 Å². The molecule has 5 nitrogen and oxygen atoms in total. The van der Waals surface area contributed by atoms with E-state index in [1.165, 1.54) is 0 Å². The van der Waals surface area contributed by atoms with E-state index in [-0.39, 0.29) is 17.7 Å². The molecule has 2 aliphatic rings. The molecule has 0 spiro atoms. The number of carbonyl (C=O) groups is 1. The van der Waals surface area contributed by atoms with Crippen molar-refractivity contribution in [1.82, 2.24) is 0 Å². The molecule has 2 atom stereocenters. The number of hydrogen-bond donors (Lipinski definition) is 0. The van der Waals surface area contributed by atoms with Gasteiger partial charge in [0.2, 0.25) is 5.72 Å². The molecule has 2 heterocycles. The third-order valence-corrected chi connectivity index (χ3v) is 7.52. The molecule has 0 saturated carbocycles. The summed E-state index contributed by atoms with van der Waals surface area (Å²) in [6.45, 7) is 2.01. The van der Waals surface area contributed by atoms with Crippen LogP contribution in [0.4, 0.5) is 5.69 Å². The van der Waals surface area contributed by atoms with Crippen molar-refractivity contribution in [2.45, 2.75) is 29.2 Å². The molecule has 8 heteroatoms. The summed E-state index contributed by atoms with van der Waals surface area (Å²) < 4.78 is 5.32. The van der Waals surface area contributed by atoms with Crippen LogP contribution in [0, 0.1) is 0 Å². The number of benzene rings is 3. The molecule has 5 rings (SSSR count). The zero-order valence-corrected chi connectivity index (χ0v) is 20.0. The third-order valence-electron chi connectivity index (χ3n) is 5.69. The van der Waals surface area contributed by atoms with Gasteiger partial charge >= 0.3 is 5.97 Å². The van der Waals surface area contributed by atoms with Gasteiger partial charge in [-0.05, 0) is 48.9 Å². The lowest BCUT2D eigenvalue weighted by molar-refractivity contribution is -0.135. The van der Waals surface area contributed by atoms with Crippen molar-refractivity contribution in [1.29, 1.82) is 0 Å². The Bertz CT molecular complexity index is 1220. The maximum atomic E-state index is 12.9. The van der Waals surface area contributed by atoms with E-state index < -0.39 is 11.7 Å². The fourth-order valence-electron chi connectivity index (χ4n) is 4.19. The van der Waals surface area contributed by atoms with Gasteiger partial charge in [-0.1, -0.05) is 64.8 Å². The number of carbonyl (C=O) groups excluding carboxylic acids is 1. The molecule has 33 heavy (non-hydrogen) atoms. The number of hydrogen-bond acceptors (Lipinski definition) is 6. The van der Waals surface area contributed by atoms with Gasteiger partial charge in [-0.3, -0.25) is 4.90 Å². The van der Waals surface area contributed by atoms with Gasteiger partial charge < -0.3 is 9.57 Å². The molecule has 0 aromatic heterocycles. The first kappa shape index (κ1) is 22.1. The summed E-state index contributed by atoms with van der Waals surface area (Å²) in [5.41, 5.74) is 1.71. The zero-order chi connectivity index (χ0) is 23.0. The molecular formula is C25H20Cl2N2O3S. The minimum absolute atomic E-state index is 0.000778. The quantitative estimate of drug-likeness (QED) is 0.370. The van der Waals surface area contributed by atoms with Crippen LogP contribution >= 0.6 is 35.0 Å². The van der Waals surface area contributed by atoms with Gasteiger partial charge in [0.05, 0.1) is 12.3 Å². The molecule has 0 radical (unpaired) electrons. The van der Waals surface area contributed by atoms with Crippen molar-refractivity contribution in [3.05, 3.63) is 94.0 Å². The molecule has 3 aromatic rings. The molecule has 168 valence electrons. The van der Waals surface area contributed by atoms with Gasteiger partial charge in [-0.25, -0.2) is 4.79 Å². The number of para-hydroxylation sites is 1. The minimum atomic E-state index is -1.06. The van der Waals surface area contributed by atoms with Crippen LogP contribution in [0.2, 0.25) is 10.0 Å². The Morgan fingerprint density at radius 2 is 1.76 bits per heavy atom. The highest BCUT2D eigenvalue weighted by atomic mass is 35.5. The number of halogens is 2. The Balaban J connectivity index is 1.71. The van der Waals surface area contributed by atoms with Crippen molar-refractivity contribution in [2.75, 3.05) is 11.5 Å². The van der Waals surface area contributed by atoms with Crippen LogP contribution in [0.3, 0.4) is 0 Å². The molecule has 2 unspecified atom stereocenters. The van der Waals surface area contributed by atoms with Crippen molar-refractivity contribution in [3.8, 4) is 0 Å². The van der Waals surface area contributed by atoms with Crippen LogP contribution in [-0.2, 0) is 20.1 Å². The second-order valence-corrected chi connectivity index (χ2v) is 9.80. The first-order valence-electron chi connectivity index (χ1n) is 10.5. The Morgan fingerprint density at radius 3 is 2.45 bits per heavy atom. The highest BCUT2D eigenvalue weighted by Gasteiger charge is 2.54. The monoisotopic (exact) mass is 498 g/mol. The molecule has 0 aliphatic carbocycles. The number of anilines is 1. The van der Waals surface area contributed by atoms with Crippen molar-refractivity contribution in [3.63, 3.8) is 0 Å². The standard InChI is InChI=1S/C25H20Cl2N2O3S/c1-2-31-24(30)23-28-32-25(17-9-13-19(27)14-10-17)15-22(16-7-11-18(26)12-8-16)33-21-6-4-3-5-20(21)29(23)25/h3-14,22H,2,15H2,1H3. The van der Waals surface area contributed by atoms with Gasteiger partial charge in [0.1, 0.15) is 0 Å². The fraction of sp³-hybridized carbons (Fsp3) is 0.200. The normalized spacial score (nSPS) is 21.4. The molecule has 0 amide bonds. The van der Waals surface area contributed by atoms with Crippen LogP contribution in [0.5, 0.6) is 0 Å². The Labute approximate surface area is 206 Å². The summed E-state index contributed by atoms with van der Waals surface area (Å²) in [6.07, 6.45) is 0.516. The Hall–Kier alpha value is -2.67. The summed E-state index contributed by atoms with van der Waals surface area (Å²) in [5, 5.41) is 5.55. The maximum Gasteiger partial charge on any atom is 0.378 e. The van der Waals surface area contributed by atoms with Gasteiger partial charge in [-0.15, -0.1) is 11.8 Å². The smallest absolute Gasteiger partial charge is 0.378 e. The van der Waals surface area contributed by atoms with Crippen LogP contribution in [0.15, 0.2) is 82.8 Å². The number of esters is 1. The SMILES string of the molecule is CCOC(=O)C1=NOC2(c3ccc(Cl)cc3)CC(c3ccc(Cl)cc3)Sc3ccccc3N12. The van der Waals surface area contributed by atoms with Gasteiger partial charge in [0.25, 0.3) is 5.84 Å². The Morgan fingerprint density at radius 1 is 1.09 bits per heavy atom. The minimum Gasteiger partial charge on any atom is -0.460 e. The van der Waals surface area contributed by atoms with Crippen LogP contribution in [0.25, 0.3) is 0 Å². The van der Waals surface area contributed by atoms with Crippen LogP contribution < -0.4 is 4.90 Å². The van der Waals surface area contributed by atoms with E-state index >= 15 is 0 Å². The highest BCUT2D eigenvalue weighted by Crippen LogP contribution is 2.55. The molecule has 3 aromatic carbocycles. The predicted molar refractivity (Wildman–Crippen MR) is 132 cm³/mol. The summed E-state index contributed by atoms with van der Waals surface area (Å²) >= 11 is 14.1. The van der Waals surface area contributed by atoms with Crippen LogP contribution in [0.1, 0.15) is 29.7 Å². The van der Waals surface area contributed by atoms with Crippen LogP contribution in [-0.4, -0.2) is 18.4 Å². The van der Waals surface area contributed by atoms with Crippen molar-refractivity contribution in [2.24, 2.45) is 5.16 Å². The van der Waals surface area contributed by atoms with Gasteiger partial charge in [0, 0.05) is 32.2 Å². The zero-order valence-electron chi connectivity index (χ0n) is 17.7. The predicted octanol–water partition coefficient (Wildman–Crippen LogP) is 6.80. The fourth-order valence-corrected chi connectivity index (χ4v) is 5.79. The second kappa shape index (κ2) is 8.93. The second-order valence-electron chi connectivity index (χ2n) is 7.68. The first-order valence-corrected chi connectivity index (χ1v) is 12.2. The average Bonchev–Trinajstić information content (AvgIpc) is 3.13. The summed E-state index contributed by atoms with van der Waals surface area (Å²) in [5.74, 6) is -0.408. The summed E-state index contributed by atoms with van der Waals surface area (Å²) in [7, 11) is 0. The summed E-state index contributed by atoms with van der Waals surface area (Å²) in [4.78, 5) is 22.0. The number of rotatable bonds is 4. The molecule has 0 fully saturated rings. The molecular weight excluding hydrogens is 479 g/mol. The van der Waals surface area contributed by atoms with Gasteiger partial charge in [-0.2, -0.15) is 0 Å². The van der Waals surface area contributed by atoms with E-state index in [2.05, 4.69) is 5.16 Å². The molecule has 0 N–H and O–H groups in total. The molecule has 0 bridgehead atoms. The van der Waals surface area contributed by atoms with E-state index in [0.29, 0.717) is 16.5 Å². The molecule has 2 aliphatic heterocycles. The lowest BCUT2D eigenvalue weighted by Crippen LogP contribution is -2.49. The van der Waals surface area contributed by atoms with Crippen molar-refractivity contribution >= 4 is 52.5 Å². The summed E-state index contributed by atoms with van der Waals surface area (Å²) in [6, 6.07) is 23.2. The largest absolute Gasteiger partial charge is 0.460 e. The Kier molecular flexibility index (Phi) is 5.99. The molecule has 0 saturated heterocycles. The first-order chi connectivity index (χ1) is 16.0.